The number of hydrogen-bond acceptors (Lipinski definition) is 2. The van der Waals surface area contributed by atoms with Gasteiger partial charge in [0.1, 0.15) is 7.85 Å². The van der Waals surface area contributed by atoms with Crippen LogP contribution in [0.25, 0.3) is 0 Å². The van der Waals surface area contributed by atoms with E-state index in [0.29, 0.717) is 5.82 Å². The first-order chi connectivity index (χ1) is 3.81. The van der Waals surface area contributed by atoms with Gasteiger partial charge in [0.15, 0.2) is 0 Å². The van der Waals surface area contributed by atoms with E-state index < -0.39 is 0 Å². The van der Waals surface area contributed by atoms with Crippen molar-refractivity contribution in [1.82, 2.24) is 0 Å². The van der Waals surface area contributed by atoms with Gasteiger partial charge in [0, 0.05) is 13.2 Å². The molecule has 0 saturated heterocycles. The zero-order chi connectivity index (χ0) is 6.41. The summed E-state index contributed by atoms with van der Waals surface area (Å²) >= 11 is 0. The Kier molecular flexibility index (Phi) is 5.12. The van der Waals surface area contributed by atoms with Gasteiger partial charge in [-0.25, -0.2) is 0 Å². The van der Waals surface area contributed by atoms with Crippen LogP contribution in [-0.4, -0.2) is 31.3 Å². The number of hydrogen-bond donors (Lipinski definition) is 2. The predicted octanol–water partition coefficient (Wildman–Crippen LogP) is -0.827. The SMILES string of the molecule is BC(CO)CCCO. The maximum absolute atomic E-state index is 8.48. The molecule has 0 saturated carbocycles. The lowest BCUT2D eigenvalue weighted by Gasteiger charge is -2.03. The van der Waals surface area contributed by atoms with Gasteiger partial charge in [-0.3, -0.25) is 0 Å². The van der Waals surface area contributed by atoms with Gasteiger partial charge in [-0.15, -0.1) is 0 Å². The molecular weight excluding hydrogens is 103 g/mol. The molecule has 0 aliphatic carbocycles. The quantitative estimate of drug-likeness (QED) is 0.470. The minimum Gasteiger partial charge on any atom is -0.397 e. The number of rotatable bonds is 4. The van der Waals surface area contributed by atoms with Crippen molar-refractivity contribution in [3.05, 3.63) is 0 Å². The fourth-order valence-electron chi connectivity index (χ4n) is 0.531. The summed E-state index contributed by atoms with van der Waals surface area (Å²) in [6, 6.07) is 0. The highest BCUT2D eigenvalue weighted by Gasteiger charge is 1.96. The van der Waals surface area contributed by atoms with E-state index in [2.05, 4.69) is 0 Å². The van der Waals surface area contributed by atoms with E-state index in [-0.39, 0.29) is 13.2 Å². The van der Waals surface area contributed by atoms with Gasteiger partial charge in [-0.2, -0.15) is 0 Å². The van der Waals surface area contributed by atoms with Crippen LogP contribution in [0.5, 0.6) is 0 Å². The van der Waals surface area contributed by atoms with Crippen molar-refractivity contribution in [3.63, 3.8) is 0 Å². The second-order valence-electron chi connectivity index (χ2n) is 2.15. The van der Waals surface area contributed by atoms with Gasteiger partial charge < -0.3 is 10.2 Å². The van der Waals surface area contributed by atoms with Gasteiger partial charge in [0.05, 0.1) is 0 Å². The summed E-state index contributed by atoms with van der Waals surface area (Å²) in [5.74, 6) is 0.349. The molecule has 0 aliphatic rings. The van der Waals surface area contributed by atoms with Crippen LogP contribution >= 0.6 is 0 Å². The molecule has 0 aromatic heterocycles. The first kappa shape index (κ1) is 7.98. The van der Waals surface area contributed by atoms with Crippen molar-refractivity contribution in [1.29, 1.82) is 0 Å². The van der Waals surface area contributed by atoms with Crippen LogP contribution < -0.4 is 0 Å². The highest BCUT2D eigenvalue weighted by atomic mass is 16.3. The molecule has 0 bridgehead atoms. The zero-order valence-corrected chi connectivity index (χ0v) is 5.30. The van der Waals surface area contributed by atoms with Crippen molar-refractivity contribution in [2.45, 2.75) is 18.7 Å². The van der Waals surface area contributed by atoms with E-state index in [1.54, 1.807) is 0 Å². The second-order valence-corrected chi connectivity index (χ2v) is 2.15. The first-order valence-electron chi connectivity index (χ1n) is 3.03. The smallest absolute Gasteiger partial charge is 0.108 e. The van der Waals surface area contributed by atoms with Crippen LogP contribution in [0.4, 0.5) is 0 Å². The average Bonchev–Trinajstić information content (AvgIpc) is 1.83. The molecule has 0 amide bonds. The maximum Gasteiger partial charge on any atom is 0.108 e. The highest BCUT2D eigenvalue weighted by molar-refractivity contribution is 6.11. The third-order valence-corrected chi connectivity index (χ3v) is 1.17. The summed E-state index contributed by atoms with van der Waals surface area (Å²) in [7, 11) is 1.97. The molecule has 48 valence electrons. The zero-order valence-electron chi connectivity index (χ0n) is 5.30. The lowest BCUT2D eigenvalue weighted by atomic mass is 9.84. The van der Waals surface area contributed by atoms with Crippen LogP contribution in [0.15, 0.2) is 0 Å². The topological polar surface area (TPSA) is 40.5 Å². The van der Waals surface area contributed by atoms with Gasteiger partial charge in [0.25, 0.3) is 0 Å². The standard InChI is InChI=1S/C5H13BO2/c6-5(4-8)2-1-3-7/h5,7-8H,1-4,6H2. The van der Waals surface area contributed by atoms with Gasteiger partial charge in [-0.1, -0.05) is 6.42 Å². The first-order valence-corrected chi connectivity index (χ1v) is 3.03. The Bertz CT molecular complexity index is 49.7. The molecular formula is C5H13BO2. The molecule has 2 nitrogen and oxygen atoms in total. The highest BCUT2D eigenvalue weighted by Crippen LogP contribution is 2.05. The maximum atomic E-state index is 8.48. The largest absolute Gasteiger partial charge is 0.397 e. The molecule has 0 aromatic rings. The molecule has 2 N–H and O–H groups in total. The Morgan fingerprint density at radius 3 is 2.38 bits per heavy atom. The molecule has 0 aromatic carbocycles. The minimum atomic E-state index is 0.236. The van der Waals surface area contributed by atoms with Crippen molar-refractivity contribution in [2.75, 3.05) is 13.2 Å². The summed E-state index contributed by atoms with van der Waals surface area (Å²) in [4.78, 5) is 0. The Morgan fingerprint density at radius 2 is 2.00 bits per heavy atom. The van der Waals surface area contributed by atoms with E-state index in [1.165, 1.54) is 0 Å². The monoisotopic (exact) mass is 116 g/mol. The molecule has 0 fully saturated rings. The van der Waals surface area contributed by atoms with E-state index >= 15 is 0 Å². The van der Waals surface area contributed by atoms with Crippen molar-refractivity contribution < 1.29 is 10.2 Å². The fourth-order valence-corrected chi connectivity index (χ4v) is 0.531. The second kappa shape index (κ2) is 5.13. The Morgan fingerprint density at radius 1 is 1.38 bits per heavy atom. The van der Waals surface area contributed by atoms with E-state index in [1.807, 2.05) is 7.85 Å². The summed E-state index contributed by atoms with van der Waals surface area (Å²) in [6.07, 6.45) is 1.73. The van der Waals surface area contributed by atoms with E-state index in [4.69, 9.17) is 10.2 Å². The molecule has 0 spiro atoms. The van der Waals surface area contributed by atoms with Crippen LogP contribution in [0.2, 0.25) is 5.82 Å². The molecule has 0 rings (SSSR count). The van der Waals surface area contributed by atoms with Crippen molar-refractivity contribution >= 4 is 7.85 Å². The minimum absolute atomic E-state index is 0.236. The number of aliphatic hydroxyl groups is 2. The summed E-state index contributed by atoms with van der Waals surface area (Å²) in [5.41, 5.74) is 0. The molecule has 8 heavy (non-hydrogen) atoms. The van der Waals surface area contributed by atoms with Crippen LogP contribution in [0.1, 0.15) is 12.8 Å². The molecule has 0 radical (unpaired) electrons. The van der Waals surface area contributed by atoms with E-state index in [9.17, 15) is 0 Å². The van der Waals surface area contributed by atoms with Crippen LogP contribution in [0.3, 0.4) is 0 Å². The fraction of sp³-hybridized carbons (Fsp3) is 1.00. The van der Waals surface area contributed by atoms with Gasteiger partial charge in [-0.05, 0) is 12.2 Å². The lowest BCUT2D eigenvalue weighted by Crippen LogP contribution is -1.98. The van der Waals surface area contributed by atoms with E-state index in [0.717, 1.165) is 12.8 Å². The molecule has 1 atom stereocenters. The summed E-state index contributed by atoms with van der Waals surface area (Å²) < 4.78 is 0. The molecule has 0 heterocycles. The third kappa shape index (κ3) is 4.15. The van der Waals surface area contributed by atoms with Crippen molar-refractivity contribution in [2.24, 2.45) is 0 Å². The van der Waals surface area contributed by atoms with Gasteiger partial charge >= 0.3 is 0 Å². The Labute approximate surface area is 50.9 Å². The summed E-state index contributed by atoms with van der Waals surface area (Å²) in [5, 5.41) is 16.8. The van der Waals surface area contributed by atoms with Gasteiger partial charge in [0.2, 0.25) is 0 Å². The normalized spacial score (nSPS) is 13.8. The molecule has 0 aliphatic heterocycles. The van der Waals surface area contributed by atoms with Crippen LogP contribution in [-0.2, 0) is 0 Å². The number of aliphatic hydroxyl groups excluding tert-OH is 2. The Balaban J connectivity index is 2.86. The van der Waals surface area contributed by atoms with Crippen molar-refractivity contribution in [3.8, 4) is 0 Å². The summed E-state index contributed by atoms with van der Waals surface area (Å²) in [6.45, 7) is 0.477. The average molecular weight is 116 g/mol. The Hall–Kier alpha value is -0.0151. The third-order valence-electron chi connectivity index (χ3n) is 1.17. The molecule has 3 heteroatoms. The van der Waals surface area contributed by atoms with Crippen LogP contribution in [0, 0.1) is 0 Å². The lowest BCUT2D eigenvalue weighted by molar-refractivity contribution is 0.257. The predicted molar refractivity (Wildman–Crippen MR) is 35.7 cm³/mol. The molecule has 1 unspecified atom stereocenters.